The zero-order valence-corrected chi connectivity index (χ0v) is 12.2. The maximum Gasteiger partial charge on any atom is 0.326 e. The van der Waals surface area contributed by atoms with Crippen LogP contribution in [-0.4, -0.2) is 66.2 Å². The fourth-order valence-corrected chi connectivity index (χ4v) is 3.10. The molecule has 2 N–H and O–H groups in total. The number of carboxylic acids is 1. The van der Waals surface area contributed by atoms with Crippen LogP contribution in [-0.2, 0) is 4.79 Å². The zero-order chi connectivity index (χ0) is 14.5. The van der Waals surface area contributed by atoms with E-state index in [1.165, 1.54) is 17.7 Å². The average Bonchev–Trinajstić information content (AvgIpc) is 2.90. The second kappa shape index (κ2) is 6.92. The van der Waals surface area contributed by atoms with Crippen LogP contribution < -0.4 is 5.32 Å². The quantitative estimate of drug-likeness (QED) is 0.806. The molecular formula is C14H25N3O3. The van der Waals surface area contributed by atoms with Crippen molar-refractivity contribution in [2.75, 3.05) is 33.2 Å². The molecule has 0 aromatic heterocycles. The van der Waals surface area contributed by atoms with E-state index >= 15 is 0 Å². The minimum atomic E-state index is -0.895. The van der Waals surface area contributed by atoms with Crippen LogP contribution in [0.5, 0.6) is 0 Å². The van der Waals surface area contributed by atoms with Crippen molar-refractivity contribution >= 4 is 12.0 Å². The number of urea groups is 1. The SMILES string of the molecule is CN1CCC(CCNC(=O)N2CCCC2C(=O)O)CC1. The number of carbonyl (C=O) groups is 2. The van der Waals surface area contributed by atoms with Gasteiger partial charge in [0, 0.05) is 13.1 Å². The van der Waals surface area contributed by atoms with Crippen molar-refractivity contribution < 1.29 is 14.7 Å². The van der Waals surface area contributed by atoms with Crippen LogP contribution in [0.4, 0.5) is 4.79 Å². The lowest BCUT2D eigenvalue weighted by molar-refractivity contribution is -0.141. The zero-order valence-electron chi connectivity index (χ0n) is 12.2. The molecule has 114 valence electrons. The van der Waals surface area contributed by atoms with Gasteiger partial charge < -0.3 is 20.2 Å². The number of carboxylic acid groups (broad SMARTS) is 1. The lowest BCUT2D eigenvalue weighted by atomic mass is 9.94. The minimum Gasteiger partial charge on any atom is -0.480 e. The van der Waals surface area contributed by atoms with Gasteiger partial charge in [-0.1, -0.05) is 0 Å². The third kappa shape index (κ3) is 3.85. The topological polar surface area (TPSA) is 72.9 Å². The predicted molar refractivity (Wildman–Crippen MR) is 75.6 cm³/mol. The van der Waals surface area contributed by atoms with Gasteiger partial charge in [-0.05, 0) is 58.2 Å². The standard InChI is InChI=1S/C14H25N3O3/c1-16-9-5-11(6-10-16)4-7-15-14(20)17-8-2-3-12(17)13(18)19/h11-12H,2-10H2,1H3,(H,15,20)(H,18,19). The second-order valence-electron chi connectivity index (χ2n) is 5.96. The van der Waals surface area contributed by atoms with E-state index in [0.717, 1.165) is 25.9 Å². The van der Waals surface area contributed by atoms with Gasteiger partial charge >= 0.3 is 12.0 Å². The van der Waals surface area contributed by atoms with Crippen LogP contribution >= 0.6 is 0 Å². The Balaban J connectivity index is 1.68. The van der Waals surface area contributed by atoms with Crippen LogP contribution in [0.15, 0.2) is 0 Å². The lowest BCUT2D eigenvalue weighted by Crippen LogP contribution is -2.46. The Morgan fingerprint density at radius 1 is 1.20 bits per heavy atom. The molecule has 20 heavy (non-hydrogen) atoms. The van der Waals surface area contributed by atoms with Crippen molar-refractivity contribution in [1.82, 2.24) is 15.1 Å². The third-order valence-electron chi connectivity index (χ3n) is 4.47. The first kappa shape index (κ1) is 15.1. The average molecular weight is 283 g/mol. The molecule has 2 heterocycles. The first-order valence-electron chi connectivity index (χ1n) is 7.53. The van der Waals surface area contributed by atoms with Gasteiger partial charge in [0.1, 0.15) is 6.04 Å². The van der Waals surface area contributed by atoms with E-state index in [-0.39, 0.29) is 6.03 Å². The molecule has 0 aromatic carbocycles. The Morgan fingerprint density at radius 2 is 1.90 bits per heavy atom. The van der Waals surface area contributed by atoms with E-state index in [4.69, 9.17) is 5.11 Å². The van der Waals surface area contributed by atoms with Gasteiger partial charge in [-0.3, -0.25) is 0 Å². The minimum absolute atomic E-state index is 0.220. The molecule has 1 atom stereocenters. The van der Waals surface area contributed by atoms with Crippen LogP contribution in [0.2, 0.25) is 0 Å². The molecule has 2 saturated heterocycles. The number of piperidine rings is 1. The van der Waals surface area contributed by atoms with Gasteiger partial charge in [0.05, 0.1) is 0 Å². The van der Waals surface area contributed by atoms with Crippen molar-refractivity contribution in [2.45, 2.75) is 38.1 Å². The van der Waals surface area contributed by atoms with Gasteiger partial charge in [-0.2, -0.15) is 0 Å². The summed E-state index contributed by atoms with van der Waals surface area (Å²) >= 11 is 0. The van der Waals surface area contributed by atoms with Crippen molar-refractivity contribution in [2.24, 2.45) is 5.92 Å². The summed E-state index contributed by atoms with van der Waals surface area (Å²) in [7, 11) is 2.14. The van der Waals surface area contributed by atoms with E-state index in [0.29, 0.717) is 25.4 Å². The smallest absolute Gasteiger partial charge is 0.326 e. The summed E-state index contributed by atoms with van der Waals surface area (Å²) in [6, 6.07) is -0.860. The Kier molecular flexibility index (Phi) is 5.23. The van der Waals surface area contributed by atoms with Crippen molar-refractivity contribution in [1.29, 1.82) is 0 Å². The number of amides is 2. The highest BCUT2D eigenvalue weighted by Gasteiger charge is 2.33. The summed E-state index contributed by atoms with van der Waals surface area (Å²) in [6.45, 7) is 3.46. The van der Waals surface area contributed by atoms with E-state index in [1.807, 2.05) is 0 Å². The Labute approximate surface area is 120 Å². The van der Waals surface area contributed by atoms with Gasteiger partial charge in [-0.25, -0.2) is 9.59 Å². The fraction of sp³-hybridized carbons (Fsp3) is 0.857. The van der Waals surface area contributed by atoms with Gasteiger partial charge in [0.15, 0.2) is 0 Å². The fourth-order valence-electron chi connectivity index (χ4n) is 3.10. The number of nitrogens with zero attached hydrogens (tertiary/aromatic N) is 2. The van der Waals surface area contributed by atoms with Gasteiger partial charge in [0.2, 0.25) is 0 Å². The van der Waals surface area contributed by atoms with Crippen molar-refractivity contribution in [3.05, 3.63) is 0 Å². The number of rotatable bonds is 4. The first-order valence-corrected chi connectivity index (χ1v) is 7.53. The molecule has 2 amide bonds. The molecule has 0 aromatic rings. The Bertz CT molecular complexity index is 354. The van der Waals surface area contributed by atoms with Gasteiger partial charge in [0.25, 0.3) is 0 Å². The molecular weight excluding hydrogens is 258 g/mol. The van der Waals surface area contributed by atoms with Gasteiger partial charge in [-0.15, -0.1) is 0 Å². The van der Waals surface area contributed by atoms with Crippen LogP contribution in [0.25, 0.3) is 0 Å². The number of carbonyl (C=O) groups excluding carboxylic acids is 1. The van der Waals surface area contributed by atoms with Crippen molar-refractivity contribution in [3.63, 3.8) is 0 Å². The maximum atomic E-state index is 12.0. The van der Waals surface area contributed by atoms with E-state index in [2.05, 4.69) is 17.3 Å². The predicted octanol–water partition coefficient (Wildman–Crippen LogP) is 0.977. The molecule has 6 nitrogen and oxygen atoms in total. The molecule has 0 aliphatic carbocycles. The molecule has 0 saturated carbocycles. The van der Waals surface area contributed by atoms with Crippen LogP contribution in [0.1, 0.15) is 32.1 Å². The number of aliphatic carboxylic acids is 1. The molecule has 0 bridgehead atoms. The van der Waals surface area contributed by atoms with Crippen molar-refractivity contribution in [3.8, 4) is 0 Å². The van der Waals surface area contributed by atoms with Crippen LogP contribution in [0, 0.1) is 5.92 Å². The van der Waals surface area contributed by atoms with E-state index in [1.54, 1.807) is 0 Å². The molecule has 2 aliphatic heterocycles. The third-order valence-corrected chi connectivity index (χ3v) is 4.47. The first-order chi connectivity index (χ1) is 9.58. The highest BCUT2D eigenvalue weighted by Crippen LogP contribution is 2.19. The summed E-state index contributed by atoms with van der Waals surface area (Å²) in [5.74, 6) is -0.215. The van der Waals surface area contributed by atoms with E-state index in [9.17, 15) is 9.59 Å². The highest BCUT2D eigenvalue weighted by molar-refractivity contribution is 5.83. The highest BCUT2D eigenvalue weighted by atomic mass is 16.4. The molecule has 2 rings (SSSR count). The number of hydrogen-bond donors (Lipinski definition) is 2. The summed E-state index contributed by atoms with van der Waals surface area (Å²) in [5, 5.41) is 11.9. The molecule has 1 unspecified atom stereocenters. The Hall–Kier alpha value is -1.30. The summed E-state index contributed by atoms with van der Waals surface area (Å²) in [5.41, 5.74) is 0. The monoisotopic (exact) mass is 283 g/mol. The molecule has 0 radical (unpaired) electrons. The Morgan fingerprint density at radius 3 is 2.55 bits per heavy atom. The molecule has 2 aliphatic rings. The maximum absolute atomic E-state index is 12.0. The van der Waals surface area contributed by atoms with E-state index < -0.39 is 12.0 Å². The molecule has 6 heteroatoms. The normalized spacial score (nSPS) is 24.9. The summed E-state index contributed by atoms with van der Waals surface area (Å²) in [4.78, 5) is 26.8. The van der Waals surface area contributed by atoms with Crippen LogP contribution in [0.3, 0.4) is 0 Å². The summed E-state index contributed by atoms with van der Waals surface area (Å²) < 4.78 is 0. The second-order valence-corrected chi connectivity index (χ2v) is 5.96. The largest absolute Gasteiger partial charge is 0.480 e. The number of hydrogen-bond acceptors (Lipinski definition) is 3. The number of nitrogens with one attached hydrogen (secondary N) is 1. The molecule has 0 spiro atoms. The summed E-state index contributed by atoms with van der Waals surface area (Å²) in [6.07, 6.45) is 4.71. The molecule has 2 fully saturated rings. The number of likely N-dealkylation sites (tertiary alicyclic amines) is 2. The lowest BCUT2D eigenvalue weighted by Gasteiger charge is -2.29.